The summed E-state index contributed by atoms with van der Waals surface area (Å²) in [7, 11) is 0.406. The van der Waals surface area contributed by atoms with Crippen molar-refractivity contribution in [1.29, 1.82) is 0 Å². The number of hydrogen-bond donors (Lipinski definition) is 0. The molecule has 0 spiro atoms. The molecule has 4 aromatic carbocycles. The van der Waals surface area contributed by atoms with Gasteiger partial charge >= 0.3 is 0 Å². The van der Waals surface area contributed by atoms with Crippen LogP contribution >= 0.6 is 0 Å². The van der Waals surface area contributed by atoms with Crippen molar-refractivity contribution in [2.24, 2.45) is 0 Å². The highest BCUT2D eigenvalue weighted by Crippen LogP contribution is 2.41. The second kappa shape index (κ2) is 7.73. The summed E-state index contributed by atoms with van der Waals surface area (Å²) in [5, 5.41) is 2.76. The van der Waals surface area contributed by atoms with Crippen LogP contribution in [-0.4, -0.2) is 11.5 Å². The first-order valence-electron chi connectivity index (χ1n) is 10.0. The predicted molar refractivity (Wildman–Crippen MR) is 123 cm³/mol. The average Bonchev–Trinajstić information content (AvgIpc) is 3.30. The molecule has 1 saturated heterocycles. The fourth-order valence-corrected chi connectivity index (χ4v) is 6.66. The molecule has 0 amide bonds. The lowest BCUT2D eigenvalue weighted by molar-refractivity contribution is 0.949. The van der Waals surface area contributed by atoms with E-state index in [0.717, 1.165) is 0 Å². The van der Waals surface area contributed by atoms with Crippen molar-refractivity contribution in [2.75, 3.05) is 16.4 Å². The Labute approximate surface area is 170 Å². The van der Waals surface area contributed by atoms with Gasteiger partial charge < -0.3 is 4.90 Å². The third-order valence-corrected chi connectivity index (χ3v) is 8.01. The second-order valence-corrected chi connectivity index (χ2v) is 9.48. The van der Waals surface area contributed by atoms with E-state index in [4.69, 9.17) is 0 Å². The van der Waals surface area contributed by atoms with Crippen LogP contribution in [0.3, 0.4) is 0 Å². The summed E-state index contributed by atoms with van der Waals surface area (Å²) in [5.74, 6) is 2.70. The minimum atomic E-state index is 0.406. The number of hydrogen-bond acceptors (Lipinski definition) is 1. The smallest absolute Gasteiger partial charge is 0.162 e. The largest absolute Gasteiger partial charge is 0.310 e. The molecule has 2 heteroatoms. The predicted octanol–water partition coefficient (Wildman–Crippen LogP) is 7.08. The van der Waals surface area contributed by atoms with E-state index < -0.39 is 0 Å². The molecule has 4 aromatic rings. The van der Waals surface area contributed by atoms with E-state index in [9.17, 15) is 0 Å². The molecule has 1 nitrogen and oxygen atoms in total. The molecule has 1 aliphatic heterocycles. The Balaban J connectivity index is 1.73. The molecule has 0 aliphatic carbocycles. The molecular formula is C26H24NS+. The van der Waals surface area contributed by atoms with Gasteiger partial charge in [-0.2, -0.15) is 0 Å². The summed E-state index contributed by atoms with van der Waals surface area (Å²) in [6.45, 7) is 0. The molecule has 0 aromatic heterocycles. The summed E-state index contributed by atoms with van der Waals surface area (Å²) in [6, 6.07) is 35.0. The van der Waals surface area contributed by atoms with Crippen LogP contribution in [0.5, 0.6) is 0 Å². The summed E-state index contributed by atoms with van der Waals surface area (Å²) in [5.41, 5.74) is 3.63. The quantitative estimate of drug-likeness (QED) is 0.341. The Morgan fingerprint density at radius 1 is 0.536 bits per heavy atom. The Hall–Kier alpha value is -2.71. The maximum atomic E-state index is 2.39. The number of nitrogens with zero attached hydrogens (tertiary/aromatic N) is 1. The summed E-state index contributed by atoms with van der Waals surface area (Å²) in [4.78, 5) is 3.93. The highest BCUT2D eigenvalue weighted by Gasteiger charge is 2.29. The zero-order chi connectivity index (χ0) is 18.8. The van der Waals surface area contributed by atoms with Gasteiger partial charge in [-0.15, -0.1) is 0 Å². The van der Waals surface area contributed by atoms with Gasteiger partial charge in [0.2, 0.25) is 0 Å². The van der Waals surface area contributed by atoms with Crippen LogP contribution in [0.2, 0.25) is 0 Å². The molecule has 0 saturated carbocycles. The molecule has 1 heterocycles. The Bertz CT molecular complexity index is 1030. The van der Waals surface area contributed by atoms with Gasteiger partial charge in [-0.3, -0.25) is 0 Å². The summed E-state index contributed by atoms with van der Waals surface area (Å²) < 4.78 is 0. The molecule has 0 unspecified atom stereocenters. The van der Waals surface area contributed by atoms with E-state index in [2.05, 4.69) is 102 Å². The summed E-state index contributed by atoms with van der Waals surface area (Å²) >= 11 is 0. The van der Waals surface area contributed by atoms with Gasteiger partial charge in [0.05, 0.1) is 5.69 Å². The van der Waals surface area contributed by atoms with Crippen LogP contribution in [0, 0.1) is 0 Å². The van der Waals surface area contributed by atoms with Crippen LogP contribution in [0.15, 0.2) is 102 Å². The minimum absolute atomic E-state index is 0.406. The first-order chi connectivity index (χ1) is 13.9. The van der Waals surface area contributed by atoms with Crippen molar-refractivity contribution in [3.8, 4) is 0 Å². The normalized spacial score (nSPS) is 14.4. The van der Waals surface area contributed by atoms with Crippen LogP contribution in [0.4, 0.5) is 17.1 Å². The topological polar surface area (TPSA) is 3.24 Å². The van der Waals surface area contributed by atoms with E-state index in [1.165, 1.54) is 52.2 Å². The molecule has 0 bridgehead atoms. The Kier molecular flexibility index (Phi) is 4.80. The van der Waals surface area contributed by atoms with Crippen molar-refractivity contribution in [2.45, 2.75) is 17.7 Å². The fraction of sp³-hybridized carbons (Fsp3) is 0.154. The van der Waals surface area contributed by atoms with Crippen molar-refractivity contribution in [1.82, 2.24) is 0 Å². The van der Waals surface area contributed by atoms with Crippen LogP contribution in [-0.2, 0) is 10.9 Å². The zero-order valence-electron chi connectivity index (χ0n) is 15.9. The van der Waals surface area contributed by atoms with E-state index >= 15 is 0 Å². The van der Waals surface area contributed by atoms with Crippen molar-refractivity contribution < 1.29 is 0 Å². The molecule has 1 fully saturated rings. The molecule has 28 heavy (non-hydrogen) atoms. The maximum Gasteiger partial charge on any atom is 0.162 e. The minimum Gasteiger partial charge on any atom is -0.310 e. The van der Waals surface area contributed by atoms with Crippen molar-refractivity contribution >= 4 is 38.7 Å². The Morgan fingerprint density at radius 3 is 1.68 bits per heavy atom. The molecule has 5 rings (SSSR count). The van der Waals surface area contributed by atoms with Gasteiger partial charge in [0.25, 0.3) is 0 Å². The summed E-state index contributed by atoms with van der Waals surface area (Å²) in [6.07, 6.45) is 2.75. The molecule has 0 atom stereocenters. The van der Waals surface area contributed by atoms with Crippen molar-refractivity contribution in [3.05, 3.63) is 97.1 Å². The Morgan fingerprint density at radius 2 is 1.07 bits per heavy atom. The number of fused-ring (bicyclic) bond motifs is 1. The van der Waals surface area contributed by atoms with Gasteiger partial charge in [0.15, 0.2) is 4.90 Å². The number of anilines is 3. The lowest BCUT2D eigenvalue weighted by Gasteiger charge is -2.27. The lowest BCUT2D eigenvalue weighted by Crippen LogP contribution is -2.11. The SMILES string of the molecule is c1ccc(N(c2ccccc2)c2ccc([S+]3CCCC3)c3ccccc23)cc1. The van der Waals surface area contributed by atoms with Crippen LogP contribution in [0.1, 0.15) is 12.8 Å². The van der Waals surface area contributed by atoms with Crippen LogP contribution < -0.4 is 4.90 Å². The third kappa shape index (κ3) is 3.18. The van der Waals surface area contributed by atoms with Crippen LogP contribution in [0.25, 0.3) is 10.8 Å². The van der Waals surface area contributed by atoms with Gasteiger partial charge in [0.1, 0.15) is 11.5 Å². The van der Waals surface area contributed by atoms with E-state index in [1.54, 1.807) is 4.90 Å². The van der Waals surface area contributed by atoms with Gasteiger partial charge in [-0.25, -0.2) is 0 Å². The monoisotopic (exact) mass is 382 g/mol. The number of benzene rings is 4. The zero-order valence-corrected chi connectivity index (χ0v) is 16.7. The molecule has 0 N–H and O–H groups in total. The fourth-order valence-electron chi connectivity index (χ4n) is 4.16. The molecule has 138 valence electrons. The maximum absolute atomic E-state index is 2.39. The third-order valence-electron chi connectivity index (χ3n) is 5.47. The van der Waals surface area contributed by atoms with Gasteiger partial charge in [-0.1, -0.05) is 54.6 Å². The lowest BCUT2D eigenvalue weighted by atomic mass is 10.1. The second-order valence-electron chi connectivity index (χ2n) is 7.24. The molecule has 0 radical (unpaired) electrons. The molecular weight excluding hydrogens is 358 g/mol. The van der Waals surface area contributed by atoms with E-state index in [-0.39, 0.29) is 0 Å². The van der Waals surface area contributed by atoms with Gasteiger partial charge in [-0.05, 0) is 55.3 Å². The van der Waals surface area contributed by atoms with Crippen molar-refractivity contribution in [3.63, 3.8) is 0 Å². The van der Waals surface area contributed by atoms with Gasteiger partial charge in [0, 0.05) is 33.0 Å². The highest BCUT2D eigenvalue weighted by molar-refractivity contribution is 7.97. The number of para-hydroxylation sites is 2. The number of rotatable bonds is 4. The standard InChI is InChI=1S/C26H24NS/c1-3-11-21(12-4-1)27(22-13-5-2-6-14-22)25-17-18-26(28-19-9-10-20-28)24-16-8-7-15-23(24)25/h1-8,11-18H,9-10,19-20H2/q+1. The van der Waals surface area contributed by atoms with E-state index in [1.807, 2.05) is 0 Å². The first-order valence-corrected chi connectivity index (χ1v) is 11.6. The molecule has 1 aliphatic rings. The van der Waals surface area contributed by atoms with E-state index in [0.29, 0.717) is 10.9 Å². The average molecular weight is 383 g/mol. The first kappa shape index (κ1) is 17.4. The highest BCUT2D eigenvalue weighted by atomic mass is 32.2.